The number of rotatable bonds is 1. The van der Waals surface area contributed by atoms with Gasteiger partial charge in [0.1, 0.15) is 11.4 Å². The van der Waals surface area contributed by atoms with Crippen LogP contribution < -0.4 is 0 Å². The molecule has 0 radical (unpaired) electrons. The maximum absolute atomic E-state index is 9.64. The molecule has 3 rings (SSSR count). The van der Waals surface area contributed by atoms with E-state index in [2.05, 4.69) is 34.8 Å². The van der Waals surface area contributed by atoms with Gasteiger partial charge in [-0.15, -0.1) is 11.3 Å². The fraction of sp³-hybridized carbons (Fsp3) is 0.235. The number of aromatic nitrogens is 2. The Kier molecular flexibility index (Phi) is 3.32. The quantitative estimate of drug-likeness (QED) is 0.672. The number of hydrogen-bond donors (Lipinski definition) is 2. The summed E-state index contributed by atoms with van der Waals surface area (Å²) in [6.07, 6.45) is 0. The summed E-state index contributed by atoms with van der Waals surface area (Å²) in [5, 5.41) is 9.64. The van der Waals surface area contributed by atoms with Crippen LogP contribution in [0.15, 0.2) is 30.3 Å². The number of aromatic amines is 1. The molecule has 3 nitrogen and oxygen atoms in total. The first kappa shape index (κ1) is 13.9. The molecule has 2 N–H and O–H groups in total. The van der Waals surface area contributed by atoms with Gasteiger partial charge in [-0.25, -0.2) is 4.98 Å². The van der Waals surface area contributed by atoms with E-state index in [-0.39, 0.29) is 0 Å². The molecule has 0 bridgehead atoms. The van der Waals surface area contributed by atoms with Gasteiger partial charge in [-0.1, -0.05) is 24.0 Å². The number of aryl methyl sites for hydroxylation is 1. The van der Waals surface area contributed by atoms with E-state index >= 15 is 0 Å². The second-order valence-corrected chi connectivity index (χ2v) is 6.61. The van der Waals surface area contributed by atoms with E-state index in [9.17, 15) is 5.11 Å². The third-order valence-corrected chi connectivity index (χ3v) is 4.05. The molecule has 0 unspecified atom stereocenters. The minimum absolute atomic E-state index is 0.862. The molecule has 3 aromatic rings. The zero-order chi connectivity index (χ0) is 15.0. The highest BCUT2D eigenvalue weighted by Gasteiger charge is 2.10. The van der Waals surface area contributed by atoms with Crippen LogP contribution in [0.5, 0.6) is 0 Å². The van der Waals surface area contributed by atoms with E-state index in [1.54, 1.807) is 25.2 Å². The fourth-order valence-electron chi connectivity index (χ4n) is 2.04. The van der Waals surface area contributed by atoms with E-state index in [0.717, 1.165) is 32.2 Å². The van der Waals surface area contributed by atoms with Crippen molar-refractivity contribution in [3.05, 3.63) is 40.8 Å². The molecule has 0 fully saturated rings. The van der Waals surface area contributed by atoms with Gasteiger partial charge in [0.05, 0.1) is 20.8 Å². The molecule has 0 aliphatic rings. The fourth-order valence-corrected chi connectivity index (χ4v) is 2.84. The van der Waals surface area contributed by atoms with Crippen LogP contribution in [0.3, 0.4) is 0 Å². The van der Waals surface area contributed by atoms with Crippen LogP contribution in [0.1, 0.15) is 24.3 Å². The Balaban J connectivity index is 1.98. The summed E-state index contributed by atoms with van der Waals surface area (Å²) in [6.45, 7) is 5.41. The van der Waals surface area contributed by atoms with Crippen molar-refractivity contribution in [1.29, 1.82) is 0 Å². The van der Waals surface area contributed by atoms with Crippen LogP contribution in [0, 0.1) is 18.8 Å². The van der Waals surface area contributed by atoms with Gasteiger partial charge < -0.3 is 10.1 Å². The summed E-state index contributed by atoms with van der Waals surface area (Å²) >= 11 is 1.57. The number of fused-ring (bicyclic) bond motifs is 1. The molecule has 1 aromatic carbocycles. The lowest BCUT2D eigenvalue weighted by Gasteiger charge is -2.05. The van der Waals surface area contributed by atoms with Crippen molar-refractivity contribution in [2.24, 2.45) is 0 Å². The van der Waals surface area contributed by atoms with Crippen LogP contribution in [-0.2, 0) is 0 Å². The lowest BCUT2D eigenvalue weighted by Crippen LogP contribution is -2.14. The van der Waals surface area contributed by atoms with Crippen LogP contribution in [0.2, 0.25) is 0 Å². The van der Waals surface area contributed by atoms with Gasteiger partial charge in [0.15, 0.2) is 0 Å². The highest BCUT2D eigenvalue weighted by Crippen LogP contribution is 2.28. The molecule has 0 aliphatic carbocycles. The number of nitrogens with zero attached hydrogens (tertiary/aromatic N) is 1. The number of nitrogens with one attached hydrogen (secondary N) is 1. The first-order valence-electron chi connectivity index (χ1n) is 6.73. The number of aliphatic hydroxyl groups is 1. The summed E-state index contributed by atoms with van der Waals surface area (Å²) in [7, 11) is 0. The largest absolute Gasteiger partial charge is 0.378 e. The summed E-state index contributed by atoms with van der Waals surface area (Å²) < 4.78 is 0. The molecule has 0 amide bonds. The third-order valence-electron chi connectivity index (χ3n) is 3.05. The van der Waals surface area contributed by atoms with Gasteiger partial charge in [-0.2, -0.15) is 0 Å². The van der Waals surface area contributed by atoms with Gasteiger partial charge in [0, 0.05) is 0 Å². The Morgan fingerprint density at radius 1 is 1.24 bits per heavy atom. The zero-order valence-electron chi connectivity index (χ0n) is 12.2. The zero-order valence-corrected chi connectivity index (χ0v) is 13.0. The van der Waals surface area contributed by atoms with Crippen molar-refractivity contribution < 1.29 is 5.11 Å². The molecular weight excluding hydrogens is 280 g/mol. The van der Waals surface area contributed by atoms with E-state index in [0.29, 0.717) is 0 Å². The van der Waals surface area contributed by atoms with Crippen LogP contribution in [0.4, 0.5) is 0 Å². The molecule has 21 heavy (non-hydrogen) atoms. The topological polar surface area (TPSA) is 48.9 Å². The van der Waals surface area contributed by atoms with Crippen LogP contribution in [0.25, 0.3) is 21.7 Å². The first-order valence-corrected chi connectivity index (χ1v) is 7.55. The molecule has 2 aromatic heterocycles. The molecule has 4 heteroatoms. The van der Waals surface area contributed by atoms with E-state index in [1.807, 2.05) is 24.3 Å². The van der Waals surface area contributed by atoms with Crippen molar-refractivity contribution in [3.8, 4) is 22.5 Å². The standard InChI is InChI=1S/C17H16N2OS/c1-11-5-4-6-13-15(11)19-16(18-13)14-8-7-12(21-14)9-10-17(2,3)20/h4-8,20H,1-3H3,(H,18,19). The van der Waals surface area contributed by atoms with Crippen molar-refractivity contribution in [3.63, 3.8) is 0 Å². The maximum atomic E-state index is 9.64. The van der Waals surface area contributed by atoms with Gasteiger partial charge in [-0.05, 0) is 44.5 Å². The molecular formula is C17H16N2OS. The molecule has 106 valence electrons. The van der Waals surface area contributed by atoms with Crippen molar-refractivity contribution in [2.75, 3.05) is 0 Å². The SMILES string of the molecule is Cc1cccc2[nH]c(-c3ccc(C#CC(C)(C)O)s3)nc12. The van der Waals surface area contributed by atoms with Gasteiger partial charge >= 0.3 is 0 Å². The summed E-state index contributed by atoms with van der Waals surface area (Å²) in [5.74, 6) is 6.68. The van der Waals surface area contributed by atoms with E-state index in [1.165, 1.54) is 0 Å². The smallest absolute Gasteiger partial charge is 0.148 e. The van der Waals surface area contributed by atoms with Gasteiger partial charge in [0.25, 0.3) is 0 Å². The minimum Gasteiger partial charge on any atom is -0.378 e. The van der Waals surface area contributed by atoms with Crippen molar-refractivity contribution in [1.82, 2.24) is 9.97 Å². The lowest BCUT2D eigenvalue weighted by atomic mass is 10.1. The predicted octanol–water partition coefficient (Wildman–Crippen LogP) is 3.72. The highest BCUT2D eigenvalue weighted by molar-refractivity contribution is 7.15. The Morgan fingerprint density at radius 2 is 2.05 bits per heavy atom. The summed E-state index contributed by atoms with van der Waals surface area (Å²) in [5.41, 5.74) is 2.24. The Bertz CT molecular complexity index is 856. The van der Waals surface area contributed by atoms with Crippen molar-refractivity contribution >= 4 is 22.4 Å². The monoisotopic (exact) mass is 296 g/mol. The summed E-state index contributed by atoms with van der Waals surface area (Å²) in [4.78, 5) is 9.97. The minimum atomic E-state index is -0.972. The molecule has 0 saturated heterocycles. The lowest BCUT2D eigenvalue weighted by molar-refractivity contribution is 0.143. The molecule has 0 atom stereocenters. The van der Waals surface area contributed by atoms with Gasteiger partial charge in [-0.3, -0.25) is 0 Å². The van der Waals surface area contributed by atoms with E-state index < -0.39 is 5.60 Å². The summed E-state index contributed by atoms with van der Waals surface area (Å²) in [6, 6.07) is 10.1. The molecule has 2 heterocycles. The number of hydrogen-bond acceptors (Lipinski definition) is 3. The second-order valence-electron chi connectivity index (χ2n) is 5.53. The van der Waals surface area contributed by atoms with E-state index in [4.69, 9.17) is 0 Å². The van der Waals surface area contributed by atoms with Crippen LogP contribution in [-0.4, -0.2) is 20.7 Å². The maximum Gasteiger partial charge on any atom is 0.148 e. The Morgan fingerprint density at radius 3 is 2.76 bits per heavy atom. The van der Waals surface area contributed by atoms with Crippen LogP contribution >= 0.6 is 11.3 Å². The average molecular weight is 296 g/mol. The first-order chi connectivity index (χ1) is 9.92. The highest BCUT2D eigenvalue weighted by atomic mass is 32.1. The average Bonchev–Trinajstić information content (AvgIpc) is 3.02. The Labute approximate surface area is 127 Å². The number of benzene rings is 1. The number of para-hydroxylation sites is 1. The predicted molar refractivity (Wildman–Crippen MR) is 87.3 cm³/mol. The van der Waals surface area contributed by atoms with Crippen molar-refractivity contribution in [2.45, 2.75) is 26.4 Å². The Hall–Kier alpha value is -2.09. The second kappa shape index (κ2) is 5.03. The normalized spacial score (nSPS) is 11.4. The molecule has 0 spiro atoms. The van der Waals surface area contributed by atoms with Gasteiger partial charge in [0.2, 0.25) is 0 Å². The number of imidazole rings is 1. The number of H-pyrrole nitrogens is 1. The molecule has 0 saturated carbocycles. The number of thiophene rings is 1. The third kappa shape index (κ3) is 2.99. The molecule has 0 aliphatic heterocycles.